The van der Waals surface area contributed by atoms with E-state index >= 15 is 0 Å². The number of nitrogens with zero attached hydrogens (tertiary/aromatic N) is 2. The lowest BCUT2D eigenvalue weighted by atomic mass is 10.1. The van der Waals surface area contributed by atoms with Gasteiger partial charge < -0.3 is 15.1 Å². The van der Waals surface area contributed by atoms with E-state index in [2.05, 4.69) is 11.4 Å². The van der Waals surface area contributed by atoms with Crippen molar-refractivity contribution in [2.24, 2.45) is 0 Å². The molecule has 1 aliphatic heterocycles. The summed E-state index contributed by atoms with van der Waals surface area (Å²) in [5, 5.41) is 3.60. The second kappa shape index (κ2) is 8.82. The molecular formula is C25H24ClN3O2. The molecule has 4 rings (SSSR count). The van der Waals surface area contributed by atoms with Crippen LogP contribution in [0.1, 0.15) is 31.8 Å². The van der Waals surface area contributed by atoms with Gasteiger partial charge in [-0.05, 0) is 66.1 Å². The highest BCUT2D eigenvalue weighted by Crippen LogP contribution is 2.30. The third kappa shape index (κ3) is 4.57. The van der Waals surface area contributed by atoms with E-state index in [1.54, 1.807) is 29.2 Å². The average Bonchev–Trinajstić information content (AvgIpc) is 3.20. The van der Waals surface area contributed by atoms with Gasteiger partial charge in [0.05, 0.1) is 0 Å². The molecule has 0 bridgehead atoms. The summed E-state index contributed by atoms with van der Waals surface area (Å²) < 4.78 is 0. The Morgan fingerprint density at radius 1 is 1.00 bits per heavy atom. The number of halogens is 1. The van der Waals surface area contributed by atoms with E-state index in [0.29, 0.717) is 29.2 Å². The standard InChI is InChI=1S/C25H24ClN3O2/c1-28(2)22-5-3-4-20(15-22)24(30)27-16-17-6-11-23-19(14-17)12-13-29(23)25(31)18-7-9-21(26)10-8-18/h3-11,14-15H,12-13,16H2,1-2H3,(H,27,30). The minimum atomic E-state index is -0.108. The highest BCUT2D eigenvalue weighted by Gasteiger charge is 2.25. The van der Waals surface area contributed by atoms with Gasteiger partial charge in [0.15, 0.2) is 0 Å². The number of hydrogen-bond acceptors (Lipinski definition) is 3. The first-order chi connectivity index (χ1) is 14.9. The zero-order valence-electron chi connectivity index (χ0n) is 17.6. The lowest BCUT2D eigenvalue weighted by Gasteiger charge is -2.18. The van der Waals surface area contributed by atoms with Crippen LogP contribution >= 0.6 is 11.6 Å². The Labute approximate surface area is 187 Å². The van der Waals surface area contributed by atoms with Crippen molar-refractivity contribution in [3.63, 3.8) is 0 Å². The zero-order chi connectivity index (χ0) is 22.0. The molecule has 31 heavy (non-hydrogen) atoms. The van der Waals surface area contributed by atoms with Crippen molar-refractivity contribution in [2.45, 2.75) is 13.0 Å². The molecule has 158 valence electrons. The highest BCUT2D eigenvalue weighted by molar-refractivity contribution is 6.30. The predicted octanol–water partition coefficient (Wildman–Crippen LogP) is 4.54. The van der Waals surface area contributed by atoms with Crippen molar-refractivity contribution >= 4 is 34.8 Å². The fraction of sp³-hybridized carbons (Fsp3) is 0.200. The molecule has 0 aliphatic carbocycles. The first kappa shape index (κ1) is 20.9. The third-order valence-corrected chi connectivity index (χ3v) is 5.71. The number of nitrogens with one attached hydrogen (secondary N) is 1. The summed E-state index contributed by atoms with van der Waals surface area (Å²) in [6.45, 7) is 1.08. The van der Waals surface area contributed by atoms with Crippen LogP contribution in [0.2, 0.25) is 5.02 Å². The Hall–Kier alpha value is -3.31. The Morgan fingerprint density at radius 3 is 2.52 bits per heavy atom. The van der Waals surface area contributed by atoms with Gasteiger partial charge in [0, 0.05) is 54.7 Å². The zero-order valence-corrected chi connectivity index (χ0v) is 18.3. The van der Waals surface area contributed by atoms with Crippen LogP contribution < -0.4 is 15.1 Å². The molecule has 0 unspecified atom stereocenters. The van der Waals surface area contributed by atoms with Gasteiger partial charge >= 0.3 is 0 Å². The van der Waals surface area contributed by atoms with E-state index in [9.17, 15) is 9.59 Å². The molecule has 1 heterocycles. The minimum Gasteiger partial charge on any atom is -0.378 e. The lowest BCUT2D eigenvalue weighted by molar-refractivity contribution is 0.0949. The molecule has 0 saturated heterocycles. The first-order valence-electron chi connectivity index (χ1n) is 10.2. The van der Waals surface area contributed by atoms with Gasteiger partial charge in [-0.1, -0.05) is 29.8 Å². The number of benzene rings is 3. The van der Waals surface area contributed by atoms with Crippen LogP contribution in [0.15, 0.2) is 66.7 Å². The van der Waals surface area contributed by atoms with Crippen LogP contribution in [0, 0.1) is 0 Å². The fourth-order valence-corrected chi connectivity index (χ4v) is 3.86. The van der Waals surface area contributed by atoms with Gasteiger partial charge in [0.1, 0.15) is 0 Å². The summed E-state index contributed by atoms with van der Waals surface area (Å²) in [4.78, 5) is 29.2. The molecule has 0 spiro atoms. The third-order valence-electron chi connectivity index (χ3n) is 5.45. The van der Waals surface area contributed by atoms with Crippen molar-refractivity contribution in [1.29, 1.82) is 0 Å². The smallest absolute Gasteiger partial charge is 0.258 e. The molecule has 0 saturated carbocycles. The summed E-state index contributed by atoms with van der Waals surface area (Å²) in [7, 11) is 3.89. The van der Waals surface area contributed by atoms with Crippen LogP contribution in [0.4, 0.5) is 11.4 Å². The van der Waals surface area contributed by atoms with E-state index in [1.165, 1.54) is 0 Å². The highest BCUT2D eigenvalue weighted by atomic mass is 35.5. The number of rotatable bonds is 5. The first-order valence-corrected chi connectivity index (χ1v) is 10.5. The summed E-state index contributed by atoms with van der Waals surface area (Å²) >= 11 is 5.93. The van der Waals surface area contributed by atoms with Crippen molar-refractivity contribution < 1.29 is 9.59 Å². The van der Waals surface area contributed by atoms with E-state index in [-0.39, 0.29) is 11.8 Å². The van der Waals surface area contributed by atoms with Crippen molar-refractivity contribution in [1.82, 2.24) is 5.32 Å². The maximum atomic E-state index is 12.9. The summed E-state index contributed by atoms with van der Waals surface area (Å²) in [5.41, 5.74) is 5.28. The van der Waals surface area contributed by atoms with Gasteiger partial charge in [-0.2, -0.15) is 0 Å². The lowest BCUT2D eigenvalue weighted by Crippen LogP contribution is -2.28. The average molecular weight is 434 g/mol. The molecule has 0 radical (unpaired) electrons. The Morgan fingerprint density at radius 2 is 1.77 bits per heavy atom. The fourth-order valence-electron chi connectivity index (χ4n) is 3.73. The largest absolute Gasteiger partial charge is 0.378 e. The normalized spacial score (nSPS) is 12.4. The van der Waals surface area contributed by atoms with Crippen molar-refractivity contribution in [3.8, 4) is 0 Å². The number of amides is 2. The number of carbonyl (C=O) groups excluding carboxylic acids is 2. The van der Waals surface area contributed by atoms with Gasteiger partial charge in [-0.25, -0.2) is 0 Å². The SMILES string of the molecule is CN(C)c1cccc(C(=O)NCc2ccc3c(c2)CCN3C(=O)c2ccc(Cl)cc2)c1. The van der Waals surface area contributed by atoms with Gasteiger partial charge in [0.2, 0.25) is 0 Å². The Balaban J connectivity index is 1.43. The molecule has 2 amide bonds. The molecule has 6 heteroatoms. The second-order valence-corrected chi connectivity index (χ2v) is 8.24. The molecule has 1 aliphatic rings. The summed E-state index contributed by atoms with van der Waals surface area (Å²) in [5.74, 6) is -0.138. The second-order valence-electron chi connectivity index (χ2n) is 7.80. The number of fused-ring (bicyclic) bond motifs is 1. The number of carbonyl (C=O) groups is 2. The van der Waals surface area contributed by atoms with Crippen LogP contribution in [0.25, 0.3) is 0 Å². The quantitative estimate of drug-likeness (QED) is 0.642. The molecule has 0 aromatic heterocycles. The molecular weight excluding hydrogens is 410 g/mol. The molecule has 0 atom stereocenters. The van der Waals surface area contributed by atoms with Gasteiger partial charge in [0.25, 0.3) is 11.8 Å². The maximum Gasteiger partial charge on any atom is 0.258 e. The van der Waals surface area contributed by atoms with E-state index in [0.717, 1.165) is 28.9 Å². The summed E-state index contributed by atoms with van der Waals surface area (Å²) in [6, 6.07) is 20.5. The van der Waals surface area contributed by atoms with E-state index in [4.69, 9.17) is 11.6 Å². The van der Waals surface area contributed by atoms with Crippen molar-refractivity contribution in [3.05, 3.63) is 94.0 Å². The number of anilines is 2. The van der Waals surface area contributed by atoms with E-state index < -0.39 is 0 Å². The van der Waals surface area contributed by atoms with E-state index in [1.807, 2.05) is 55.4 Å². The monoisotopic (exact) mass is 433 g/mol. The predicted molar refractivity (Wildman–Crippen MR) is 125 cm³/mol. The minimum absolute atomic E-state index is 0.0303. The van der Waals surface area contributed by atoms with Crippen LogP contribution in [0.3, 0.4) is 0 Å². The van der Waals surface area contributed by atoms with Crippen LogP contribution in [-0.2, 0) is 13.0 Å². The number of hydrogen-bond donors (Lipinski definition) is 1. The topological polar surface area (TPSA) is 52.7 Å². The van der Waals surface area contributed by atoms with Gasteiger partial charge in [-0.3, -0.25) is 9.59 Å². The Bertz CT molecular complexity index is 1130. The molecule has 3 aromatic carbocycles. The summed E-state index contributed by atoms with van der Waals surface area (Å²) in [6.07, 6.45) is 0.793. The van der Waals surface area contributed by atoms with Crippen LogP contribution in [0.5, 0.6) is 0 Å². The maximum absolute atomic E-state index is 12.9. The molecule has 3 aromatic rings. The van der Waals surface area contributed by atoms with Crippen LogP contribution in [-0.4, -0.2) is 32.5 Å². The van der Waals surface area contributed by atoms with Gasteiger partial charge in [-0.15, -0.1) is 0 Å². The Kier molecular flexibility index (Phi) is 5.96. The molecule has 1 N–H and O–H groups in total. The molecule has 0 fully saturated rings. The van der Waals surface area contributed by atoms with Crippen molar-refractivity contribution in [2.75, 3.05) is 30.4 Å². The molecule has 5 nitrogen and oxygen atoms in total.